The first-order valence-electron chi connectivity index (χ1n) is 5.69. The lowest BCUT2D eigenvalue weighted by Gasteiger charge is -2.10. The number of carbonyl (C=O) groups is 1. The Kier molecular flexibility index (Phi) is 5.06. The second-order valence-electron chi connectivity index (χ2n) is 4.06. The van der Waals surface area contributed by atoms with Crippen LogP contribution in [0.1, 0.15) is 30.1 Å². The monoisotopic (exact) mass is 291 g/mol. The zero-order valence-corrected chi connectivity index (χ0v) is 10.6. The number of ketones is 1. The molecule has 8 heteroatoms. The average molecular weight is 291 g/mol. The van der Waals surface area contributed by atoms with Gasteiger partial charge in [0.1, 0.15) is 5.75 Å². The van der Waals surface area contributed by atoms with E-state index < -0.39 is 23.3 Å². The second kappa shape index (κ2) is 6.36. The number of hydrogen-bond donors (Lipinski definition) is 0. The second-order valence-corrected chi connectivity index (χ2v) is 4.06. The Morgan fingerprint density at radius 3 is 2.55 bits per heavy atom. The zero-order chi connectivity index (χ0) is 15.3. The molecule has 1 aromatic carbocycles. The van der Waals surface area contributed by atoms with Crippen LogP contribution in [0.5, 0.6) is 5.75 Å². The molecule has 0 aliphatic heterocycles. The summed E-state index contributed by atoms with van der Waals surface area (Å²) in [4.78, 5) is 21.3. The van der Waals surface area contributed by atoms with Gasteiger partial charge < -0.3 is 4.74 Å². The average Bonchev–Trinajstić information content (AvgIpc) is 2.33. The van der Waals surface area contributed by atoms with Gasteiger partial charge in [0, 0.05) is 18.6 Å². The summed E-state index contributed by atoms with van der Waals surface area (Å²) in [6.45, 7) is 0.971. The molecule has 1 aromatic rings. The highest BCUT2D eigenvalue weighted by molar-refractivity contribution is 5.97. The van der Waals surface area contributed by atoms with Gasteiger partial charge in [0.2, 0.25) is 0 Å². The first kappa shape index (κ1) is 15.9. The van der Waals surface area contributed by atoms with Gasteiger partial charge >= 0.3 is 6.18 Å². The molecule has 0 fully saturated rings. The minimum atomic E-state index is -4.26. The van der Waals surface area contributed by atoms with Crippen molar-refractivity contribution in [3.05, 3.63) is 33.9 Å². The lowest BCUT2D eigenvalue weighted by atomic mass is 10.1. The van der Waals surface area contributed by atoms with E-state index in [9.17, 15) is 28.1 Å². The van der Waals surface area contributed by atoms with Gasteiger partial charge in [-0.2, -0.15) is 13.2 Å². The molecule has 0 spiro atoms. The Hall–Kier alpha value is -2.12. The molecule has 0 atom stereocenters. The molecule has 0 aliphatic carbocycles. The van der Waals surface area contributed by atoms with Crippen LogP contribution in [-0.4, -0.2) is 23.5 Å². The fourth-order valence-electron chi connectivity index (χ4n) is 1.49. The van der Waals surface area contributed by atoms with Crippen molar-refractivity contribution in [3.8, 4) is 5.75 Å². The first-order chi connectivity index (χ1) is 9.20. The summed E-state index contributed by atoms with van der Waals surface area (Å²) < 4.78 is 40.9. The van der Waals surface area contributed by atoms with Crippen LogP contribution < -0.4 is 4.74 Å². The maximum absolute atomic E-state index is 11.9. The summed E-state index contributed by atoms with van der Waals surface area (Å²) in [5, 5.41) is 10.6. The van der Waals surface area contributed by atoms with Crippen molar-refractivity contribution in [2.45, 2.75) is 25.9 Å². The smallest absolute Gasteiger partial charge is 0.389 e. The molecule has 110 valence electrons. The van der Waals surface area contributed by atoms with Crippen LogP contribution in [0.15, 0.2) is 18.2 Å². The Bertz CT molecular complexity index is 514. The van der Waals surface area contributed by atoms with Crippen molar-refractivity contribution >= 4 is 11.5 Å². The SMILES string of the molecule is CC(=O)c1cc([N+](=O)[O-])ccc1OCCCC(F)(F)F. The van der Waals surface area contributed by atoms with E-state index in [1.54, 1.807) is 0 Å². The summed E-state index contributed by atoms with van der Waals surface area (Å²) >= 11 is 0. The fraction of sp³-hybridized carbons (Fsp3) is 0.417. The van der Waals surface area contributed by atoms with Crippen molar-refractivity contribution in [1.29, 1.82) is 0 Å². The number of nitro benzene ring substituents is 1. The number of alkyl halides is 3. The maximum atomic E-state index is 11.9. The van der Waals surface area contributed by atoms with Crippen LogP contribution in [-0.2, 0) is 0 Å². The van der Waals surface area contributed by atoms with Gasteiger partial charge in [-0.3, -0.25) is 14.9 Å². The standard InChI is InChI=1S/C12H12F3NO4/c1-8(17)10-7-9(16(18)19)3-4-11(10)20-6-2-5-12(13,14)15/h3-4,7H,2,5-6H2,1H3. The van der Waals surface area contributed by atoms with E-state index in [2.05, 4.69) is 0 Å². The van der Waals surface area contributed by atoms with Gasteiger partial charge in [-0.15, -0.1) is 0 Å². The molecule has 0 N–H and O–H groups in total. The number of nitrogens with zero attached hydrogens (tertiary/aromatic N) is 1. The van der Waals surface area contributed by atoms with Crippen LogP contribution in [0.2, 0.25) is 0 Å². The highest BCUT2D eigenvalue weighted by Gasteiger charge is 2.26. The molecule has 0 unspecified atom stereocenters. The molecular formula is C12H12F3NO4. The van der Waals surface area contributed by atoms with E-state index in [-0.39, 0.29) is 30.0 Å². The largest absolute Gasteiger partial charge is 0.493 e. The van der Waals surface area contributed by atoms with Crippen LogP contribution in [0.4, 0.5) is 18.9 Å². The number of benzene rings is 1. The Morgan fingerprint density at radius 1 is 1.40 bits per heavy atom. The van der Waals surface area contributed by atoms with Gasteiger partial charge in [-0.25, -0.2) is 0 Å². The first-order valence-corrected chi connectivity index (χ1v) is 5.69. The summed E-state index contributed by atoms with van der Waals surface area (Å²) in [5.41, 5.74) is -0.302. The Morgan fingerprint density at radius 2 is 2.05 bits per heavy atom. The molecule has 0 aliphatic rings. The van der Waals surface area contributed by atoms with Gasteiger partial charge in [0.15, 0.2) is 5.78 Å². The number of nitro groups is 1. The number of rotatable bonds is 6. The van der Waals surface area contributed by atoms with Gasteiger partial charge in [-0.05, 0) is 19.4 Å². The third kappa shape index (κ3) is 4.87. The molecule has 0 radical (unpaired) electrons. The van der Waals surface area contributed by atoms with E-state index in [0.29, 0.717) is 0 Å². The predicted molar refractivity (Wildman–Crippen MR) is 63.9 cm³/mol. The molecule has 20 heavy (non-hydrogen) atoms. The minimum absolute atomic E-state index is 0.0220. The molecular weight excluding hydrogens is 279 g/mol. The highest BCUT2D eigenvalue weighted by atomic mass is 19.4. The van der Waals surface area contributed by atoms with Crippen LogP contribution in [0.3, 0.4) is 0 Å². The Labute approximate surface area is 112 Å². The summed E-state index contributed by atoms with van der Waals surface area (Å²) in [6, 6.07) is 3.38. The lowest BCUT2D eigenvalue weighted by Crippen LogP contribution is -2.10. The number of Topliss-reactive ketones (excluding diaryl/α,β-unsaturated/α-hetero) is 1. The summed E-state index contributed by atoms with van der Waals surface area (Å²) in [7, 11) is 0. The van der Waals surface area contributed by atoms with Crippen LogP contribution in [0.25, 0.3) is 0 Å². The number of carbonyl (C=O) groups excluding carboxylic acids is 1. The van der Waals surface area contributed by atoms with Gasteiger partial charge in [-0.1, -0.05) is 0 Å². The van der Waals surface area contributed by atoms with E-state index in [4.69, 9.17) is 4.74 Å². The van der Waals surface area contributed by atoms with Crippen molar-refractivity contribution in [2.24, 2.45) is 0 Å². The molecule has 0 heterocycles. The molecule has 0 bridgehead atoms. The highest BCUT2D eigenvalue weighted by Crippen LogP contribution is 2.26. The van der Waals surface area contributed by atoms with Crippen molar-refractivity contribution < 1.29 is 27.6 Å². The van der Waals surface area contributed by atoms with E-state index >= 15 is 0 Å². The van der Waals surface area contributed by atoms with E-state index in [1.165, 1.54) is 13.0 Å². The topological polar surface area (TPSA) is 69.4 Å². The van der Waals surface area contributed by atoms with Gasteiger partial charge in [0.05, 0.1) is 17.1 Å². The fourth-order valence-corrected chi connectivity index (χ4v) is 1.49. The van der Waals surface area contributed by atoms with Crippen molar-refractivity contribution in [1.82, 2.24) is 0 Å². The van der Waals surface area contributed by atoms with Crippen molar-refractivity contribution in [3.63, 3.8) is 0 Å². The third-order valence-corrected chi connectivity index (χ3v) is 2.42. The van der Waals surface area contributed by atoms with Crippen molar-refractivity contribution in [2.75, 3.05) is 6.61 Å². The number of non-ortho nitro benzene ring substituents is 1. The minimum Gasteiger partial charge on any atom is -0.493 e. The molecule has 1 rings (SSSR count). The maximum Gasteiger partial charge on any atom is 0.389 e. The predicted octanol–water partition coefficient (Wildman–Crippen LogP) is 3.52. The van der Waals surface area contributed by atoms with E-state index in [1.807, 2.05) is 0 Å². The molecule has 5 nitrogen and oxygen atoms in total. The van der Waals surface area contributed by atoms with Crippen LogP contribution >= 0.6 is 0 Å². The quantitative estimate of drug-likeness (QED) is 0.348. The molecule has 0 amide bonds. The lowest BCUT2D eigenvalue weighted by molar-refractivity contribution is -0.384. The van der Waals surface area contributed by atoms with Crippen LogP contribution in [0, 0.1) is 10.1 Å². The molecule has 0 saturated carbocycles. The van der Waals surface area contributed by atoms with Gasteiger partial charge in [0.25, 0.3) is 5.69 Å². The zero-order valence-electron chi connectivity index (χ0n) is 10.6. The molecule has 0 aromatic heterocycles. The Balaban J connectivity index is 2.75. The number of ether oxygens (including phenoxy) is 1. The number of halogens is 3. The van der Waals surface area contributed by atoms with E-state index in [0.717, 1.165) is 12.1 Å². The summed E-state index contributed by atoms with van der Waals surface area (Å²) in [5.74, 6) is -0.412. The number of hydrogen-bond acceptors (Lipinski definition) is 4. The third-order valence-electron chi connectivity index (χ3n) is 2.42. The normalized spacial score (nSPS) is 11.2. The summed E-state index contributed by atoms with van der Waals surface area (Å²) in [6.07, 6.45) is -5.50. The molecule has 0 saturated heterocycles.